The molecule has 114 valence electrons. The van der Waals surface area contributed by atoms with E-state index in [-0.39, 0.29) is 5.41 Å². The average molecular weight is 363 g/mol. The number of nitrogens with two attached hydrogens (primary N) is 1. The van der Waals surface area contributed by atoms with Gasteiger partial charge in [0.1, 0.15) is 0 Å². The first kappa shape index (κ1) is 17.6. The molecule has 4 nitrogen and oxygen atoms in total. The molecule has 0 aliphatic rings. The van der Waals surface area contributed by atoms with E-state index in [9.17, 15) is 8.42 Å². The van der Waals surface area contributed by atoms with Crippen molar-refractivity contribution in [3.05, 3.63) is 28.2 Å². The maximum absolute atomic E-state index is 12.7. The Bertz CT molecular complexity index is 571. The molecule has 2 N–H and O–H groups in total. The number of aryl methyl sites for hydroxylation is 1. The van der Waals surface area contributed by atoms with Crippen LogP contribution >= 0.6 is 15.9 Å². The molecule has 0 spiro atoms. The third-order valence-corrected chi connectivity index (χ3v) is 6.11. The van der Waals surface area contributed by atoms with Gasteiger partial charge in [0.15, 0.2) is 0 Å². The molecule has 0 bridgehead atoms. The summed E-state index contributed by atoms with van der Waals surface area (Å²) in [7, 11) is -3.51. The fourth-order valence-electron chi connectivity index (χ4n) is 1.86. The second-order valence-electron chi connectivity index (χ2n) is 5.73. The van der Waals surface area contributed by atoms with Crippen LogP contribution in [0.3, 0.4) is 0 Å². The molecular weight excluding hydrogens is 340 g/mol. The number of sulfonamides is 1. The van der Waals surface area contributed by atoms with Crippen molar-refractivity contribution in [1.82, 2.24) is 4.31 Å². The first-order valence-corrected chi connectivity index (χ1v) is 8.84. The summed E-state index contributed by atoms with van der Waals surface area (Å²) in [4.78, 5) is 0.303. The van der Waals surface area contributed by atoms with E-state index in [0.717, 1.165) is 5.56 Å². The number of nitrogens with zero attached hydrogens (tertiary/aromatic N) is 1. The van der Waals surface area contributed by atoms with Crippen LogP contribution in [-0.4, -0.2) is 32.4 Å². The van der Waals surface area contributed by atoms with Crippen LogP contribution in [0.2, 0.25) is 0 Å². The quantitative estimate of drug-likeness (QED) is 0.845. The molecule has 0 saturated heterocycles. The van der Waals surface area contributed by atoms with Crippen LogP contribution in [0.1, 0.15) is 26.3 Å². The van der Waals surface area contributed by atoms with Gasteiger partial charge in [-0.15, -0.1) is 0 Å². The first-order chi connectivity index (χ1) is 9.14. The molecule has 0 aromatic heterocycles. The summed E-state index contributed by atoms with van der Waals surface area (Å²) < 4.78 is 27.6. The van der Waals surface area contributed by atoms with Crippen molar-refractivity contribution in [2.24, 2.45) is 11.1 Å². The summed E-state index contributed by atoms with van der Waals surface area (Å²) in [6.45, 7) is 8.97. The molecule has 0 aliphatic heterocycles. The molecule has 1 aromatic carbocycles. The Hall–Kier alpha value is -0.430. The fraction of sp³-hybridized carbons (Fsp3) is 0.571. The normalized spacial score (nSPS) is 12.9. The molecular formula is C14H23BrN2O2S. The van der Waals surface area contributed by atoms with Crippen molar-refractivity contribution in [3.63, 3.8) is 0 Å². The molecule has 0 heterocycles. The van der Waals surface area contributed by atoms with Crippen LogP contribution in [0.15, 0.2) is 27.6 Å². The second kappa shape index (κ2) is 6.56. The van der Waals surface area contributed by atoms with Crippen molar-refractivity contribution in [1.29, 1.82) is 0 Å². The van der Waals surface area contributed by atoms with Crippen molar-refractivity contribution in [2.45, 2.75) is 32.6 Å². The van der Waals surface area contributed by atoms with Gasteiger partial charge in [0.25, 0.3) is 0 Å². The maximum Gasteiger partial charge on any atom is 0.244 e. The molecule has 0 saturated carbocycles. The van der Waals surface area contributed by atoms with Gasteiger partial charge in [-0.1, -0.05) is 26.8 Å². The Labute approximate surface area is 130 Å². The van der Waals surface area contributed by atoms with Crippen LogP contribution in [0, 0.1) is 12.3 Å². The lowest BCUT2D eigenvalue weighted by atomic mass is 9.94. The Morgan fingerprint density at radius 3 is 2.40 bits per heavy atom. The number of benzene rings is 1. The lowest BCUT2D eigenvalue weighted by Crippen LogP contribution is -2.42. The van der Waals surface area contributed by atoms with Crippen LogP contribution in [0.25, 0.3) is 0 Å². The van der Waals surface area contributed by atoms with E-state index in [4.69, 9.17) is 5.73 Å². The van der Waals surface area contributed by atoms with E-state index >= 15 is 0 Å². The molecule has 0 aliphatic carbocycles. The number of halogens is 1. The molecule has 6 heteroatoms. The highest BCUT2D eigenvalue weighted by Gasteiger charge is 2.30. The van der Waals surface area contributed by atoms with Gasteiger partial charge in [0.05, 0.1) is 4.90 Å². The van der Waals surface area contributed by atoms with E-state index in [1.165, 1.54) is 4.31 Å². The van der Waals surface area contributed by atoms with E-state index in [0.29, 0.717) is 29.0 Å². The highest BCUT2D eigenvalue weighted by molar-refractivity contribution is 9.10. The van der Waals surface area contributed by atoms with E-state index in [1.54, 1.807) is 12.1 Å². The van der Waals surface area contributed by atoms with Crippen LogP contribution in [-0.2, 0) is 10.0 Å². The minimum atomic E-state index is -3.51. The van der Waals surface area contributed by atoms with Crippen molar-refractivity contribution in [3.8, 4) is 0 Å². The SMILES string of the molecule is CCN(CC(C)(C)CN)S(=O)(=O)c1ccc(C)cc1Br. The summed E-state index contributed by atoms with van der Waals surface area (Å²) in [6.07, 6.45) is 0. The van der Waals surface area contributed by atoms with Crippen molar-refractivity contribution >= 4 is 26.0 Å². The molecule has 1 aromatic rings. The minimum Gasteiger partial charge on any atom is -0.330 e. The largest absolute Gasteiger partial charge is 0.330 e. The molecule has 1 rings (SSSR count). The van der Waals surface area contributed by atoms with Crippen LogP contribution in [0.5, 0.6) is 0 Å². The lowest BCUT2D eigenvalue weighted by Gasteiger charge is -2.30. The number of rotatable bonds is 6. The number of hydrogen-bond donors (Lipinski definition) is 1. The minimum absolute atomic E-state index is 0.250. The molecule has 0 atom stereocenters. The lowest BCUT2D eigenvalue weighted by molar-refractivity contribution is 0.273. The smallest absolute Gasteiger partial charge is 0.244 e. The monoisotopic (exact) mass is 362 g/mol. The van der Waals surface area contributed by atoms with Gasteiger partial charge in [-0.05, 0) is 52.5 Å². The van der Waals surface area contributed by atoms with Gasteiger partial charge in [-0.3, -0.25) is 0 Å². The predicted molar refractivity (Wildman–Crippen MR) is 86.1 cm³/mol. The maximum atomic E-state index is 12.7. The van der Waals surface area contributed by atoms with Gasteiger partial charge >= 0.3 is 0 Å². The van der Waals surface area contributed by atoms with Crippen molar-refractivity contribution < 1.29 is 8.42 Å². The Kier molecular flexibility index (Phi) is 5.78. The zero-order chi connectivity index (χ0) is 15.6. The molecule has 0 unspecified atom stereocenters. The van der Waals surface area contributed by atoms with E-state index in [2.05, 4.69) is 15.9 Å². The van der Waals surface area contributed by atoms with Crippen molar-refractivity contribution in [2.75, 3.05) is 19.6 Å². The van der Waals surface area contributed by atoms with Crippen LogP contribution in [0.4, 0.5) is 0 Å². The van der Waals surface area contributed by atoms with Gasteiger partial charge < -0.3 is 5.73 Å². The van der Waals surface area contributed by atoms with Gasteiger partial charge in [-0.25, -0.2) is 8.42 Å². The topological polar surface area (TPSA) is 63.4 Å². The summed E-state index contributed by atoms with van der Waals surface area (Å²) in [5.74, 6) is 0. The molecule has 0 radical (unpaired) electrons. The first-order valence-electron chi connectivity index (χ1n) is 6.60. The zero-order valence-electron chi connectivity index (χ0n) is 12.5. The second-order valence-corrected chi connectivity index (χ2v) is 8.49. The summed E-state index contributed by atoms with van der Waals surface area (Å²) in [5, 5.41) is 0. The molecule has 0 fully saturated rings. The fourth-order valence-corrected chi connectivity index (χ4v) is 4.65. The number of hydrogen-bond acceptors (Lipinski definition) is 3. The third kappa shape index (κ3) is 4.04. The summed E-state index contributed by atoms with van der Waals surface area (Å²) in [6, 6.07) is 5.27. The summed E-state index contributed by atoms with van der Waals surface area (Å²) in [5.41, 5.74) is 6.48. The van der Waals surface area contributed by atoms with Gasteiger partial charge in [-0.2, -0.15) is 4.31 Å². The van der Waals surface area contributed by atoms with Gasteiger partial charge in [0, 0.05) is 17.6 Å². The van der Waals surface area contributed by atoms with E-state index < -0.39 is 10.0 Å². The molecule has 20 heavy (non-hydrogen) atoms. The zero-order valence-corrected chi connectivity index (χ0v) is 14.9. The Morgan fingerprint density at radius 2 is 1.95 bits per heavy atom. The van der Waals surface area contributed by atoms with Crippen LogP contribution < -0.4 is 5.73 Å². The Balaban J connectivity index is 3.19. The highest BCUT2D eigenvalue weighted by atomic mass is 79.9. The third-order valence-electron chi connectivity index (χ3n) is 3.21. The van der Waals surface area contributed by atoms with E-state index in [1.807, 2.05) is 33.8 Å². The Morgan fingerprint density at radius 1 is 1.35 bits per heavy atom. The summed E-state index contributed by atoms with van der Waals surface area (Å²) >= 11 is 3.35. The van der Waals surface area contributed by atoms with Gasteiger partial charge in [0.2, 0.25) is 10.0 Å². The molecule has 0 amide bonds. The average Bonchev–Trinajstić information content (AvgIpc) is 2.35. The standard InChI is InChI=1S/C14H23BrN2O2S/c1-5-17(10-14(3,4)9-16)20(18,19)13-7-6-11(2)8-12(13)15/h6-8H,5,9-10,16H2,1-4H3. The predicted octanol–water partition coefficient (Wildman–Crippen LogP) is 2.75. The highest BCUT2D eigenvalue weighted by Crippen LogP contribution is 2.28.